The topological polar surface area (TPSA) is 78.9 Å². The van der Waals surface area contributed by atoms with Gasteiger partial charge in [-0.15, -0.1) is 0 Å². The lowest BCUT2D eigenvalue weighted by molar-refractivity contribution is 0.102. The molecule has 3 N–H and O–H groups in total. The largest absolute Gasteiger partial charge is 0.399 e. The molecule has 0 atom stereocenters. The quantitative estimate of drug-likeness (QED) is 0.828. The number of anilines is 2. The predicted molar refractivity (Wildman–Crippen MR) is 82.4 cm³/mol. The van der Waals surface area contributed by atoms with Crippen molar-refractivity contribution in [3.8, 4) is 6.07 Å². The van der Waals surface area contributed by atoms with Gasteiger partial charge in [0, 0.05) is 15.7 Å². The Morgan fingerprint density at radius 1 is 1.30 bits per heavy atom. The summed E-state index contributed by atoms with van der Waals surface area (Å²) < 4.78 is 0.788. The summed E-state index contributed by atoms with van der Waals surface area (Å²) in [6.07, 6.45) is 0. The lowest BCUT2D eigenvalue weighted by Gasteiger charge is -2.09. The van der Waals surface area contributed by atoms with Gasteiger partial charge in [-0.2, -0.15) is 5.26 Å². The summed E-state index contributed by atoms with van der Waals surface area (Å²) in [7, 11) is 0. The second kappa shape index (κ2) is 5.76. The Balaban J connectivity index is 2.32. The Bertz CT molecular complexity index is 699. The van der Waals surface area contributed by atoms with Crippen LogP contribution in [0.5, 0.6) is 0 Å². The number of nitrogens with zero attached hydrogens (tertiary/aromatic N) is 1. The Kier molecular flexibility index (Phi) is 4.06. The Hall–Kier alpha value is -2.32. The molecule has 2 aromatic rings. The fraction of sp³-hybridized carbons (Fsp3) is 0.0667. The molecule has 5 heteroatoms. The van der Waals surface area contributed by atoms with Gasteiger partial charge in [0.25, 0.3) is 5.91 Å². The molecule has 20 heavy (non-hydrogen) atoms. The van der Waals surface area contributed by atoms with Gasteiger partial charge in [-0.05, 0) is 48.9 Å². The number of hydrogen-bond donors (Lipinski definition) is 2. The second-order valence-electron chi connectivity index (χ2n) is 4.39. The van der Waals surface area contributed by atoms with E-state index in [2.05, 4.69) is 21.2 Å². The predicted octanol–water partition coefficient (Wildman–Crippen LogP) is 3.46. The number of carbonyl (C=O) groups excluding carboxylic acids is 1. The summed E-state index contributed by atoms with van der Waals surface area (Å²) >= 11 is 3.31. The van der Waals surface area contributed by atoms with Crippen molar-refractivity contribution in [1.29, 1.82) is 5.26 Å². The Morgan fingerprint density at radius 3 is 2.70 bits per heavy atom. The molecule has 0 fully saturated rings. The van der Waals surface area contributed by atoms with Crippen LogP contribution in [-0.2, 0) is 0 Å². The number of benzene rings is 2. The van der Waals surface area contributed by atoms with Crippen LogP contribution in [-0.4, -0.2) is 5.91 Å². The Morgan fingerprint density at radius 2 is 2.05 bits per heavy atom. The summed E-state index contributed by atoms with van der Waals surface area (Å²) in [5.74, 6) is -0.296. The Labute approximate surface area is 125 Å². The van der Waals surface area contributed by atoms with E-state index in [0.717, 1.165) is 10.0 Å². The van der Waals surface area contributed by atoms with Gasteiger partial charge in [0.15, 0.2) is 0 Å². The zero-order valence-corrected chi connectivity index (χ0v) is 12.4. The lowest BCUT2D eigenvalue weighted by atomic mass is 10.1. The fourth-order valence-electron chi connectivity index (χ4n) is 1.86. The fourth-order valence-corrected chi connectivity index (χ4v) is 2.22. The molecule has 2 rings (SSSR count). The maximum absolute atomic E-state index is 12.2. The second-order valence-corrected chi connectivity index (χ2v) is 5.30. The van der Waals surface area contributed by atoms with Crippen molar-refractivity contribution in [1.82, 2.24) is 0 Å². The van der Waals surface area contributed by atoms with Crippen LogP contribution < -0.4 is 11.1 Å². The van der Waals surface area contributed by atoms with E-state index in [4.69, 9.17) is 11.0 Å². The molecular formula is C15H12BrN3O. The van der Waals surface area contributed by atoms with Gasteiger partial charge >= 0.3 is 0 Å². The molecular weight excluding hydrogens is 318 g/mol. The highest BCUT2D eigenvalue weighted by Crippen LogP contribution is 2.22. The number of rotatable bonds is 2. The van der Waals surface area contributed by atoms with E-state index in [1.807, 2.05) is 13.0 Å². The smallest absolute Gasteiger partial charge is 0.255 e. The molecule has 0 aliphatic heterocycles. The first-order valence-corrected chi connectivity index (χ1v) is 6.67. The molecule has 0 radical (unpaired) electrons. The van der Waals surface area contributed by atoms with Crippen molar-refractivity contribution in [2.75, 3.05) is 11.1 Å². The van der Waals surface area contributed by atoms with Crippen LogP contribution in [0.1, 0.15) is 21.5 Å². The third-order valence-corrected chi connectivity index (χ3v) is 3.21. The van der Waals surface area contributed by atoms with Gasteiger partial charge < -0.3 is 11.1 Å². The van der Waals surface area contributed by atoms with Crippen molar-refractivity contribution < 1.29 is 4.79 Å². The van der Waals surface area contributed by atoms with Crippen molar-refractivity contribution in [2.24, 2.45) is 0 Å². The molecule has 4 nitrogen and oxygen atoms in total. The zero-order valence-electron chi connectivity index (χ0n) is 10.8. The van der Waals surface area contributed by atoms with Gasteiger partial charge in [0.05, 0.1) is 11.3 Å². The number of nitrogen functional groups attached to an aromatic ring is 1. The lowest BCUT2D eigenvalue weighted by Crippen LogP contribution is -2.13. The molecule has 0 bridgehead atoms. The number of nitrogens with one attached hydrogen (secondary N) is 1. The first-order chi connectivity index (χ1) is 9.49. The minimum Gasteiger partial charge on any atom is -0.399 e. The van der Waals surface area contributed by atoms with Crippen LogP contribution in [0.15, 0.2) is 40.9 Å². The van der Waals surface area contributed by atoms with Gasteiger partial charge in [-0.3, -0.25) is 4.79 Å². The monoisotopic (exact) mass is 329 g/mol. The van der Waals surface area contributed by atoms with E-state index in [1.165, 1.54) is 0 Å². The minimum atomic E-state index is -0.296. The maximum Gasteiger partial charge on any atom is 0.255 e. The van der Waals surface area contributed by atoms with E-state index >= 15 is 0 Å². The molecule has 0 aliphatic rings. The molecule has 0 aliphatic carbocycles. The van der Waals surface area contributed by atoms with Crippen molar-refractivity contribution in [3.63, 3.8) is 0 Å². The summed E-state index contributed by atoms with van der Waals surface area (Å²) in [6.45, 7) is 1.87. The molecule has 0 aromatic heterocycles. The van der Waals surface area contributed by atoms with Crippen molar-refractivity contribution in [3.05, 3.63) is 57.6 Å². The number of nitriles is 1. The van der Waals surface area contributed by atoms with Crippen molar-refractivity contribution >= 4 is 33.2 Å². The van der Waals surface area contributed by atoms with Crippen LogP contribution >= 0.6 is 15.9 Å². The highest BCUT2D eigenvalue weighted by molar-refractivity contribution is 9.10. The summed E-state index contributed by atoms with van der Waals surface area (Å²) in [4.78, 5) is 12.2. The van der Waals surface area contributed by atoms with Gasteiger partial charge in [0.1, 0.15) is 6.07 Å². The van der Waals surface area contributed by atoms with E-state index in [0.29, 0.717) is 22.5 Å². The van der Waals surface area contributed by atoms with Crippen LogP contribution in [0.3, 0.4) is 0 Å². The summed E-state index contributed by atoms with van der Waals surface area (Å²) in [6, 6.07) is 12.3. The zero-order chi connectivity index (χ0) is 14.7. The van der Waals surface area contributed by atoms with Crippen LogP contribution in [0.2, 0.25) is 0 Å². The first-order valence-electron chi connectivity index (χ1n) is 5.88. The van der Waals surface area contributed by atoms with E-state index in [1.54, 1.807) is 36.4 Å². The number of aryl methyl sites for hydroxylation is 1. The van der Waals surface area contributed by atoms with Crippen LogP contribution in [0.25, 0.3) is 0 Å². The molecule has 1 amide bonds. The highest BCUT2D eigenvalue weighted by atomic mass is 79.9. The third-order valence-electron chi connectivity index (χ3n) is 2.71. The maximum atomic E-state index is 12.2. The van der Waals surface area contributed by atoms with Crippen molar-refractivity contribution in [2.45, 2.75) is 6.92 Å². The van der Waals surface area contributed by atoms with Gasteiger partial charge in [-0.25, -0.2) is 0 Å². The summed E-state index contributed by atoms with van der Waals surface area (Å²) in [5, 5.41) is 11.8. The molecule has 0 heterocycles. The number of nitrogens with two attached hydrogens (primary N) is 1. The van der Waals surface area contributed by atoms with E-state index in [-0.39, 0.29) is 5.91 Å². The first kappa shape index (κ1) is 14.1. The van der Waals surface area contributed by atoms with Crippen LogP contribution in [0, 0.1) is 18.3 Å². The highest BCUT2D eigenvalue weighted by Gasteiger charge is 2.10. The molecule has 0 spiro atoms. The number of hydrogen-bond acceptors (Lipinski definition) is 3. The third kappa shape index (κ3) is 3.16. The molecule has 2 aromatic carbocycles. The molecule has 0 saturated carbocycles. The molecule has 100 valence electrons. The number of halogens is 1. The SMILES string of the molecule is Cc1cc(N)cc(C(=O)Nc2cc(Br)ccc2C#N)c1. The number of carbonyl (C=O) groups is 1. The summed E-state index contributed by atoms with van der Waals surface area (Å²) in [5.41, 5.74) is 8.50. The van der Waals surface area contributed by atoms with Gasteiger partial charge in [-0.1, -0.05) is 15.9 Å². The average Bonchev–Trinajstić information content (AvgIpc) is 2.37. The molecule has 0 saturated heterocycles. The number of amides is 1. The van der Waals surface area contributed by atoms with E-state index in [9.17, 15) is 4.79 Å². The average molecular weight is 330 g/mol. The standard InChI is InChI=1S/C15H12BrN3O/c1-9-4-11(6-13(18)5-9)15(20)19-14-7-12(16)3-2-10(14)8-17/h2-7H,18H2,1H3,(H,19,20). The molecule has 0 unspecified atom stereocenters. The minimum absolute atomic E-state index is 0.296. The van der Waals surface area contributed by atoms with Gasteiger partial charge in [0.2, 0.25) is 0 Å². The van der Waals surface area contributed by atoms with Crippen LogP contribution in [0.4, 0.5) is 11.4 Å². The normalized spacial score (nSPS) is 9.85. The van der Waals surface area contributed by atoms with E-state index < -0.39 is 0 Å².